The number of imide groups is 1. The Morgan fingerprint density at radius 1 is 1.04 bits per heavy atom. The molecule has 6 rings (SSSR count). The lowest BCUT2D eigenvalue weighted by Gasteiger charge is -2.43. The molecule has 1 unspecified atom stereocenters. The highest BCUT2D eigenvalue weighted by atomic mass is 19.4. The van der Waals surface area contributed by atoms with Gasteiger partial charge in [0, 0.05) is 50.7 Å². The van der Waals surface area contributed by atoms with Crippen LogP contribution in [0.5, 0.6) is 0 Å². The third-order valence-electron chi connectivity index (χ3n) is 8.44. The molecule has 2 aromatic rings. The number of carboxylic acids is 1. The van der Waals surface area contributed by atoms with Gasteiger partial charge in [-0.2, -0.15) is 13.2 Å². The Kier molecular flexibility index (Phi) is 9.44. The average molecular weight is 650 g/mol. The normalized spacial score (nSPS) is 24.3. The Labute approximate surface area is 261 Å². The molecule has 3 saturated heterocycles. The summed E-state index contributed by atoms with van der Waals surface area (Å²) in [6.07, 6.45) is -0.656. The Bertz CT molecular complexity index is 1510. The van der Waals surface area contributed by atoms with Gasteiger partial charge in [-0.25, -0.2) is 9.48 Å². The Morgan fingerprint density at radius 2 is 1.70 bits per heavy atom. The minimum Gasteiger partial charge on any atom is -0.475 e. The van der Waals surface area contributed by atoms with Crippen molar-refractivity contribution >= 4 is 29.6 Å². The number of halogens is 3. The molecule has 46 heavy (non-hydrogen) atoms. The van der Waals surface area contributed by atoms with Crippen molar-refractivity contribution in [2.45, 2.75) is 76.5 Å². The number of nitrogens with one attached hydrogen (secondary N) is 1. The summed E-state index contributed by atoms with van der Waals surface area (Å²) in [4.78, 5) is 64.7. The van der Waals surface area contributed by atoms with Crippen LogP contribution in [0.3, 0.4) is 0 Å². The Balaban J connectivity index is 0.000000537. The summed E-state index contributed by atoms with van der Waals surface area (Å²) < 4.78 is 39.1. The summed E-state index contributed by atoms with van der Waals surface area (Å²) in [6, 6.07) is 5.08. The number of nitrogens with zero attached hydrogens (tertiary/aromatic N) is 6. The molecule has 2 N–H and O–H groups in total. The molecule has 1 aromatic carbocycles. The molecule has 4 aliphatic rings. The van der Waals surface area contributed by atoms with Crippen LogP contribution < -0.4 is 5.32 Å². The molecule has 0 radical (unpaired) electrons. The predicted molar refractivity (Wildman–Crippen MR) is 152 cm³/mol. The van der Waals surface area contributed by atoms with Gasteiger partial charge in [-0.3, -0.25) is 29.4 Å². The van der Waals surface area contributed by atoms with Crippen LogP contribution in [0.1, 0.15) is 65.9 Å². The zero-order valence-corrected chi connectivity index (χ0v) is 25.2. The quantitative estimate of drug-likeness (QED) is 0.462. The molecule has 4 aliphatic heterocycles. The fraction of sp³-hybridized carbons (Fsp3) is 0.552. The highest BCUT2D eigenvalue weighted by Gasteiger charge is 2.40. The number of likely N-dealkylation sites (tertiary alicyclic amines) is 1. The number of ether oxygens (including phenoxy) is 1. The van der Waals surface area contributed by atoms with Crippen LogP contribution >= 0.6 is 0 Å². The van der Waals surface area contributed by atoms with E-state index in [0.29, 0.717) is 36.8 Å². The van der Waals surface area contributed by atoms with Gasteiger partial charge in [-0.05, 0) is 56.9 Å². The molecule has 17 heteroatoms. The van der Waals surface area contributed by atoms with Crippen LogP contribution in [0.25, 0.3) is 5.69 Å². The molecule has 248 valence electrons. The van der Waals surface area contributed by atoms with Crippen molar-refractivity contribution in [3.63, 3.8) is 0 Å². The molecular formula is C29H34F3N7O7. The van der Waals surface area contributed by atoms with E-state index in [1.165, 1.54) is 9.58 Å². The van der Waals surface area contributed by atoms with E-state index in [2.05, 4.69) is 34.4 Å². The first-order valence-corrected chi connectivity index (χ1v) is 14.9. The van der Waals surface area contributed by atoms with Crippen molar-refractivity contribution in [2.75, 3.05) is 26.2 Å². The zero-order chi connectivity index (χ0) is 33.3. The lowest BCUT2D eigenvalue weighted by molar-refractivity contribution is -0.192. The smallest absolute Gasteiger partial charge is 0.475 e. The van der Waals surface area contributed by atoms with E-state index in [-0.39, 0.29) is 48.6 Å². The molecule has 0 bridgehead atoms. The number of alkyl halides is 3. The highest BCUT2D eigenvalue weighted by Crippen LogP contribution is 2.29. The van der Waals surface area contributed by atoms with Crippen molar-refractivity contribution in [1.82, 2.24) is 35.0 Å². The van der Waals surface area contributed by atoms with Crippen molar-refractivity contribution in [3.05, 3.63) is 41.2 Å². The molecule has 0 spiro atoms. The lowest BCUT2D eigenvalue weighted by atomic mass is 10.0. The maximum absolute atomic E-state index is 13.2. The van der Waals surface area contributed by atoms with E-state index in [0.717, 1.165) is 31.5 Å². The second-order valence-electron chi connectivity index (χ2n) is 11.8. The second kappa shape index (κ2) is 13.2. The monoisotopic (exact) mass is 649 g/mol. The van der Waals surface area contributed by atoms with Gasteiger partial charge in [0.15, 0.2) is 5.69 Å². The van der Waals surface area contributed by atoms with E-state index in [1.54, 1.807) is 18.3 Å². The molecule has 0 aliphatic carbocycles. The van der Waals surface area contributed by atoms with Crippen LogP contribution in [-0.2, 0) is 25.7 Å². The number of fused-ring (bicyclic) bond motifs is 1. The topological polar surface area (TPSA) is 167 Å². The van der Waals surface area contributed by atoms with Crippen LogP contribution in [0.15, 0.2) is 24.4 Å². The number of carbonyl (C=O) groups is 5. The molecule has 0 saturated carbocycles. The number of carboxylic acid groups (broad SMARTS) is 1. The number of benzene rings is 1. The average Bonchev–Trinajstić information content (AvgIpc) is 3.61. The van der Waals surface area contributed by atoms with E-state index in [9.17, 15) is 32.3 Å². The summed E-state index contributed by atoms with van der Waals surface area (Å²) in [5, 5.41) is 17.8. The van der Waals surface area contributed by atoms with Crippen molar-refractivity contribution in [2.24, 2.45) is 0 Å². The lowest BCUT2D eigenvalue weighted by Crippen LogP contribution is -2.53. The fourth-order valence-corrected chi connectivity index (χ4v) is 6.30. The van der Waals surface area contributed by atoms with E-state index < -0.39 is 24.1 Å². The van der Waals surface area contributed by atoms with Crippen LogP contribution in [0.4, 0.5) is 13.2 Å². The molecule has 3 fully saturated rings. The number of hydrogen-bond acceptors (Lipinski definition) is 9. The largest absolute Gasteiger partial charge is 0.490 e. The standard InChI is InChI=1S/C27H33N7O5.C2HF3O2/c1-16-12-32(13-17(2)39-16)19-7-9-31(10-8-19)27(38)22-15-34(30-29-22)20-3-4-21-18(11-20)14-33(26(21)37)23-5-6-24(35)28-25(23)36;3-2(4,5)1(6)7/h3-4,11,15-17,19,23H,5-10,12-14H2,1-2H3,(H,28,35,36);(H,6,7)/t16-,17+,23?;. The van der Waals surface area contributed by atoms with Crippen LogP contribution in [-0.4, -0.2) is 121 Å². The van der Waals surface area contributed by atoms with E-state index >= 15 is 0 Å². The molecular weight excluding hydrogens is 615 g/mol. The molecule has 4 amide bonds. The second-order valence-corrected chi connectivity index (χ2v) is 11.8. The number of aromatic nitrogens is 3. The van der Waals surface area contributed by atoms with Gasteiger partial charge < -0.3 is 19.6 Å². The van der Waals surface area contributed by atoms with Gasteiger partial charge >= 0.3 is 12.1 Å². The highest BCUT2D eigenvalue weighted by molar-refractivity contribution is 6.05. The summed E-state index contributed by atoms with van der Waals surface area (Å²) in [6.45, 7) is 7.69. The van der Waals surface area contributed by atoms with Gasteiger partial charge in [-0.1, -0.05) is 5.21 Å². The van der Waals surface area contributed by atoms with Crippen molar-refractivity contribution in [1.29, 1.82) is 0 Å². The number of carbonyl (C=O) groups excluding carboxylic acids is 4. The van der Waals surface area contributed by atoms with E-state index in [4.69, 9.17) is 14.6 Å². The minimum atomic E-state index is -5.08. The first-order valence-electron chi connectivity index (χ1n) is 14.9. The Morgan fingerprint density at radius 3 is 2.30 bits per heavy atom. The molecule has 3 atom stereocenters. The Hall–Kier alpha value is -4.38. The number of amides is 4. The number of aliphatic carboxylic acids is 1. The van der Waals surface area contributed by atoms with Crippen LogP contribution in [0, 0.1) is 0 Å². The van der Waals surface area contributed by atoms with Gasteiger partial charge in [0.1, 0.15) is 6.04 Å². The number of morpholine rings is 1. The predicted octanol–water partition coefficient (Wildman–Crippen LogP) is 1.38. The number of rotatable bonds is 4. The molecule has 5 heterocycles. The van der Waals surface area contributed by atoms with Crippen molar-refractivity contribution < 1.29 is 47.0 Å². The maximum atomic E-state index is 13.2. The first-order chi connectivity index (χ1) is 21.7. The summed E-state index contributed by atoms with van der Waals surface area (Å²) in [5.41, 5.74) is 2.24. The SMILES string of the molecule is C[C@@H]1CN(C2CCN(C(=O)c3cn(-c4ccc5c(c4)CN(C4CCC(=O)NC4=O)C5=O)nn3)CC2)C[C@H](C)O1.O=C(O)C(F)(F)F. The minimum absolute atomic E-state index is 0.135. The molecule has 14 nitrogen and oxygen atoms in total. The van der Waals surface area contributed by atoms with Crippen LogP contribution in [0.2, 0.25) is 0 Å². The summed E-state index contributed by atoms with van der Waals surface area (Å²) >= 11 is 0. The van der Waals surface area contributed by atoms with Gasteiger partial charge in [0.25, 0.3) is 11.8 Å². The van der Waals surface area contributed by atoms with Gasteiger partial charge in [0.05, 0.1) is 24.1 Å². The van der Waals surface area contributed by atoms with Crippen molar-refractivity contribution in [3.8, 4) is 5.69 Å². The third-order valence-corrected chi connectivity index (χ3v) is 8.44. The van der Waals surface area contributed by atoms with Gasteiger partial charge in [-0.15, -0.1) is 5.10 Å². The fourth-order valence-electron chi connectivity index (χ4n) is 6.30. The summed E-state index contributed by atoms with van der Waals surface area (Å²) in [5.74, 6) is -3.88. The maximum Gasteiger partial charge on any atom is 0.490 e. The first kappa shape index (κ1) is 33.0. The number of piperidine rings is 2. The van der Waals surface area contributed by atoms with Gasteiger partial charge in [0.2, 0.25) is 11.8 Å². The molecule has 1 aromatic heterocycles. The zero-order valence-electron chi connectivity index (χ0n) is 25.2. The summed E-state index contributed by atoms with van der Waals surface area (Å²) in [7, 11) is 0. The third kappa shape index (κ3) is 7.20. The number of hydrogen-bond donors (Lipinski definition) is 2. The van der Waals surface area contributed by atoms with E-state index in [1.807, 2.05) is 11.0 Å².